The van der Waals surface area contributed by atoms with Gasteiger partial charge in [-0.25, -0.2) is 0 Å². The van der Waals surface area contributed by atoms with Gasteiger partial charge in [0, 0.05) is 17.6 Å². The van der Waals surface area contributed by atoms with Crippen molar-refractivity contribution in [3.8, 4) is 0 Å². The zero-order valence-corrected chi connectivity index (χ0v) is 10.5. The Labute approximate surface area is 103 Å². The molecule has 5 heteroatoms. The highest BCUT2D eigenvalue weighted by Crippen LogP contribution is 2.33. The van der Waals surface area contributed by atoms with E-state index in [0.29, 0.717) is 20.6 Å². The first-order chi connectivity index (χ1) is 6.60. The molecule has 0 atom stereocenters. The summed E-state index contributed by atoms with van der Waals surface area (Å²) < 4.78 is 0. The molecule has 0 radical (unpaired) electrons. The molecule has 1 N–H and O–H groups in total. The van der Waals surface area contributed by atoms with Gasteiger partial charge in [0.05, 0.1) is 15.7 Å². The molecular formula is C9H8Cl3NS. The maximum Gasteiger partial charge on any atom is 0.0529 e. The third-order valence-electron chi connectivity index (χ3n) is 1.67. The predicted molar refractivity (Wildman–Crippen MR) is 67.5 cm³/mol. The van der Waals surface area contributed by atoms with Gasteiger partial charge in [-0.15, -0.1) is 12.6 Å². The van der Waals surface area contributed by atoms with Crippen LogP contribution in [0.4, 0.5) is 0 Å². The number of nitrogens with one attached hydrogen (secondary N) is 1. The van der Waals surface area contributed by atoms with Crippen LogP contribution in [0.5, 0.6) is 0 Å². The minimum atomic E-state index is 0.497. The van der Waals surface area contributed by atoms with E-state index in [9.17, 15) is 0 Å². The van der Waals surface area contributed by atoms with E-state index in [1.165, 1.54) is 0 Å². The molecule has 0 bridgehead atoms. The van der Waals surface area contributed by atoms with Gasteiger partial charge in [-0.1, -0.05) is 34.8 Å². The number of hydrogen-bond donors (Lipinski definition) is 2. The lowest BCUT2D eigenvalue weighted by molar-refractivity contribution is 1.13. The average molecular weight is 269 g/mol. The van der Waals surface area contributed by atoms with Gasteiger partial charge >= 0.3 is 0 Å². The molecule has 0 fully saturated rings. The van der Waals surface area contributed by atoms with Crippen LogP contribution in [-0.2, 0) is 0 Å². The van der Waals surface area contributed by atoms with E-state index in [1.54, 1.807) is 24.6 Å². The van der Waals surface area contributed by atoms with E-state index >= 15 is 0 Å². The van der Waals surface area contributed by atoms with E-state index in [4.69, 9.17) is 34.8 Å². The van der Waals surface area contributed by atoms with Crippen molar-refractivity contribution in [3.05, 3.63) is 38.2 Å². The first-order valence-corrected chi connectivity index (χ1v) is 5.42. The summed E-state index contributed by atoms with van der Waals surface area (Å²) in [6.45, 7) is 0. The molecule has 14 heavy (non-hydrogen) atoms. The number of rotatable bonds is 2. The fourth-order valence-electron chi connectivity index (χ4n) is 1.05. The first kappa shape index (κ1) is 12.1. The largest absolute Gasteiger partial charge is 0.387 e. The van der Waals surface area contributed by atoms with Crippen molar-refractivity contribution in [2.24, 2.45) is 0 Å². The Hall–Kier alpha value is -0.0200. The second-order valence-corrected chi connectivity index (χ2v) is 4.05. The van der Waals surface area contributed by atoms with Crippen molar-refractivity contribution in [3.63, 3.8) is 0 Å². The smallest absolute Gasteiger partial charge is 0.0529 e. The molecule has 0 aliphatic carbocycles. The van der Waals surface area contributed by atoms with Crippen molar-refractivity contribution in [2.75, 3.05) is 7.05 Å². The van der Waals surface area contributed by atoms with Crippen LogP contribution in [0.2, 0.25) is 15.1 Å². The Morgan fingerprint density at radius 3 is 2.14 bits per heavy atom. The van der Waals surface area contributed by atoms with Crippen LogP contribution in [0, 0.1) is 0 Å². The van der Waals surface area contributed by atoms with E-state index in [2.05, 4.69) is 17.9 Å². The Morgan fingerprint density at radius 2 is 1.79 bits per heavy atom. The molecule has 0 spiro atoms. The summed E-state index contributed by atoms with van der Waals surface area (Å²) >= 11 is 21.8. The summed E-state index contributed by atoms with van der Waals surface area (Å²) in [6, 6.07) is 3.28. The Bertz CT molecular complexity index is 353. The van der Waals surface area contributed by atoms with Crippen molar-refractivity contribution in [2.45, 2.75) is 0 Å². The Kier molecular flexibility index (Phi) is 4.45. The Morgan fingerprint density at radius 1 is 1.29 bits per heavy atom. The number of hydrogen-bond acceptors (Lipinski definition) is 2. The van der Waals surface area contributed by atoms with Crippen molar-refractivity contribution in [1.29, 1.82) is 0 Å². The Balaban J connectivity index is 3.34. The molecule has 0 aliphatic rings. The average Bonchev–Trinajstić information content (AvgIpc) is 2.10. The molecule has 0 aromatic heterocycles. The molecular weight excluding hydrogens is 261 g/mol. The molecule has 0 unspecified atom stereocenters. The minimum absolute atomic E-state index is 0.497. The van der Waals surface area contributed by atoms with Gasteiger partial charge in [0.25, 0.3) is 0 Å². The van der Waals surface area contributed by atoms with Gasteiger partial charge in [-0.05, 0) is 17.5 Å². The fraction of sp³-hybridized carbons (Fsp3) is 0.111. The van der Waals surface area contributed by atoms with Crippen LogP contribution in [0.1, 0.15) is 5.56 Å². The van der Waals surface area contributed by atoms with Crippen LogP contribution in [0.3, 0.4) is 0 Å². The highest BCUT2D eigenvalue weighted by molar-refractivity contribution is 7.83. The lowest BCUT2D eigenvalue weighted by Crippen LogP contribution is -2.05. The van der Waals surface area contributed by atoms with Crippen LogP contribution >= 0.6 is 47.4 Å². The molecule has 0 heterocycles. The minimum Gasteiger partial charge on any atom is -0.387 e. The summed E-state index contributed by atoms with van der Waals surface area (Å²) in [5.74, 6) is 0. The van der Waals surface area contributed by atoms with Gasteiger partial charge in [-0.3, -0.25) is 0 Å². The highest BCUT2D eigenvalue weighted by atomic mass is 35.5. The maximum atomic E-state index is 6.00. The third-order valence-corrected chi connectivity index (χ3v) is 2.75. The van der Waals surface area contributed by atoms with Crippen LogP contribution < -0.4 is 5.32 Å². The number of halogens is 3. The van der Waals surface area contributed by atoms with Crippen molar-refractivity contribution >= 4 is 53.1 Å². The first-order valence-electron chi connectivity index (χ1n) is 3.77. The van der Waals surface area contributed by atoms with Gasteiger partial charge in [0.2, 0.25) is 0 Å². The van der Waals surface area contributed by atoms with E-state index in [1.807, 2.05) is 0 Å². The topological polar surface area (TPSA) is 12.0 Å². The summed E-state index contributed by atoms with van der Waals surface area (Å²) in [5.41, 5.74) is 1.45. The molecule has 1 aromatic rings. The molecule has 1 rings (SSSR count). The molecule has 76 valence electrons. The maximum absolute atomic E-state index is 6.00. The fourth-order valence-corrected chi connectivity index (χ4v) is 2.33. The summed E-state index contributed by atoms with van der Waals surface area (Å²) in [4.78, 5) is 0. The highest BCUT2D eigenvalue weighted by Gasteiger charge is 2.10. The van der Waals surface area contributed by atoms with Crippen LogP contribution in [-0.4, -0.2) is 7.05 Å². The van der Waals surface area contributed by atoms with Gasteiger partial charge in [-0.2, -0.15) is 0 Å². The molecule has 0 amide bonds. The zero-order valence-electron chi connectivity index (χ0n) is 7.31. The summed E-state index contributed by atoms with van der Waals surface area (Å²) in [5, 5.41) is 6.05. The van der Waals surface area contributed by atoms with Crippen molar-refractivity contribution in [1.82, 2.24) is 5.32 Å². The zero-order chi connectivity index (χ0) is 10.7. The summed E-state index contributed by atoms with van der Waals surface area (Å²) in [7, 11) is 1.77. The predicted octanol–water partition coefficient (Wildman–Crippen LogP) is 4.09. The third kappa shape index (κ3) is 2.51. The van der Waals surface area contributed by atoms with E-state index in [-0.39, 0.29) is 0 Å². The molecule has 0 aliphatic heterocycles. The van der Waals surface area contributed by atoms with Crippen LogP contribution in [0.15, 0.2) is 17.5 Å². The second-order valence-electron chi connectivity index (χ2n) is 2.54. The second kappa shape index (κ2) is 5.17. The van der Waals surface area contributed by atoms with Crippen LogP contribution in [0.25, 0.3) is 5.70 Å². The van der Waals surface area contributed by atoms with Crippen molar-refractivity contribution < 1.29 is 0 Å². The van der Waals surface area contributed by atoms with Gasteiger partial charge in [0.15, 0.2) is 0 Å². The molecule has 0 saturated carbocycles. The van der Waals surface area contributed by atoms with Gasteiger partial charge in [0.1, 0.15) is 0 Å². The monoisotopic (exact) mass is 267 g/mol. The molecule has 1 aromatic carbocycles. The van der Waals surface area contributed by atoms with Gasteiger partial charge < -0.3 is 5.32 Å². The standard InChI is InChI=1S/C9H8Cl3NS/c1-13-8(4-14)9-6(11)2-5(10)3-7(9)12/h2-4,13-14H,1H3/b8-4-. The lowest BCUT2D eigenvalue weighted by atomic mass is 10.2. The SMILES string of the molecule is CN/C(=C\S)c1c(Cl)cc(Cl)cc1Cl. The lowest BCUT2D eigenvalue weighted by Gasteiger charge is -2.10. The van der Waals surface area contributed by atoms with E-state index < -0.39 is 0 Å². The van der Waals surface area contributed by atoms with E-state index in [0.717, 1.165) is 5.70 Å². The number of benzene rings is 1. The quantitative estimate of drug-likeness (QED) is 0.770. The number of thiol groups is 1. The molecule has 1 nitrogen and oxygen atoms in total. The summed E-state index contributed by atoms with van der Waals surface area (Å²) in [6.07, 6.45) is 0. The molecule has 0 saturated heterocycles. The normalized spacial score (nSPS) is 11.6.